The summed E-state index contributed by atoms with van der Waals surface area (Å²) >= 11 is 3.52. The van der Waals surface area contributed by atoms with Gasteiger partial charge in [-0.15, -0.1) is 0 Å². The van der Waals surface area contributed by atoms with Gasteiger partial charge < -0.3 is 4.57 Å². The summed E-state index contributed by atoms with van der Waals surface area (Å²) < 4.78 is 16.4. The van der Waals surface area contributed by atoms with E-state index in [1.807, 2.05) is 36.5 Å². The standard InChI is InChI=1S/C16H10BrFN2/c17-14-2-1-3-16-13(14)6-7-20(16)10-11-4-5-15(18)12(8-11)9-19/h1-8H,10H2. The molecule has 0 amide bonds. The smallest absolute Gasteiger partial charge is 0.140 e. The van der Waals surface area contributed by atoms with Crippen LogP contribution in [0.2, 0.25) is 0 Å². The summed E-state index contributed by atoms with van der Waals surface area (Å²) in [4.78, 5) is 0. The molecule has 3 aromatic rings. The first-order chi connectivity index (χ1) is 9.69. The number of hydrogen-bond donors (Lipinski definition) is 0. The van der Waals surface area contributed by atoms with Gasteiger partial charge >= 0.3 is 0 Å². The molecular formula is C16H10BrFN2. The molecule has 2 aromatic carbocycles. The van der Waals surface area contributed by atoms with Crippen LogP contribution in [0.5, 0.6) is 0 Å². The van der Waals surface area contributed by atoms with Crippen LogP contribution in [0.15, 0.2) is 53.1 Å². The maximum Gasteiger partial charge on any atom is 0.140 e. The molecule has 1 aromatic heterocycles. The lowest BCUT2D eigenvalue weighted by molar-refractivity contribution is 0.622. The van der Waals surface area contributed by atoms with Crippen LogP contribution in [-0.4, -0.2) is 4.57 Å². The van der Waals surface area contributed by atoms with E-state index in [0.29, 0.717) is 6.54 Å². The highest BCUT2D eigenvalue weighted by Gasteiger charge is 2.06. The van der Waals surface area contributed by atoms with E-state index in [-0.39, 0.29) is 5.56 Å². The summed E-state index contributed by atoms with van der Waals surface area (Å²) in [6, 6.07) is 14.6. The van der Waals surface area contributed by atoms with Crippen molar-refractivity contribution in [2.24, 2.45) is 0 Å². The number of rotatable bonds is 2. The van der Waals surface area contributed by atoms with Crippen molar-refractivity contribution in [1.29, 1.82) is 5.26 Å². The van der Waals surface area contributed by atoms with E-state index in [9.17, 15) is 4.39 Å². The number of nitriles is 1. The molecule has 1 heterocycles. The molecule has 0 saturated carbocycles. The first-order valence-electron chi connectivity index (χ1n) is 6.11. The molecule has 0 fully saturated rings. The minimum Gasteiger partial charge on any atom is -0.343 e. The quantitative estimate of drug-likeness (QED) is 0.682. The Morgan fingerprint density at radius 3 is 2.85 bits per heavy atom. The third kappa shape index (κ3) is 2.21. The van der Waals surface area contributed by atoms with Gasteiger partial charge in [0.25, 0.3) is 0 Å². The summed E-state index contributed by atoms with van der Waals surface area (Å²) in [5.41, 5.74) is 2.09. The molecule has 0 N–H and O–H groups in total. The van der Waals surface area contributed by atoms with E-state index >= 15 is 0 Å². The molecule has 0 saturated heterocycles. The van der Waals surface area contributed by atoms with Gasteiger partial charge in [-0.05, 0) is 35.9 Å². The van der Waals surface area contributed by atoms with Crippen LogP contribution < -0.4 is 0 Å². The lowest BCUT2D eigenvalue weighted by Gasteiger charge is -2.07. The van der Waals surface area contributed by atoms with Crippen molar-refractivity contribution in [3.63, 3.8) is 0 Å². The normalized spacial score (nSPS) is 10.7. The number of fused-ring (bicyclic) bond motifs is 1. The average Bonchev–Trinajstić information content (AvgIpc) is 2.86. The first kappa shape index (κ1) is 12.9. The Morgan fingerprint density at radius 1 is 1.20 bits per heavy atom. The Balaban J connectivity index is 2.02. The molecule has 0 spiro atoms. The molecule has 0 radical (unpaired) electrons. The van der Waals surface area contributed by atoms with Gasteiger partial charge in [0.1, 0.15) is 11.9 Å². The van der Waals surface area contributed by atoms with Gasteiger partial charge in [0.15, 0.2) is 0 Å². The van der Waals surface area contributed by atoms with Crippen molar-refractivity contribution >= 4 is 26.8 Å². The van der Waals surface area contributed by atoms with Gasteiger partial charge in [-0.2, -0.15) is 5.26 Å². The third-order valence-electron chi connectivity index (χ3n) is 3.26. The monoisotopic (exact) mass is 328 g/mol. The van der Waals surface area contributed by atoms with Crippen LogP contribution in [0, 0.1) is 17.1 Å². The zero-order valence-electron chi connectivity index (χ0n) is 10.5. The molecule has 0 aliphatic rings. The van der Waals surface area contributed by atoms with Crippen LogP contribution in [0.3, 0.4) is 0 Å². The van der Waals surface area contributed by atoms with E-state index in [2.05, 4.69) is 20.5 Å². The SMILES string of the molecule is N#Cc1cc(Cn2ccc3c(Br)cccc32)ccc1F. The number of halogens is 2. The molecule has 2 nitrogen and oxygen atoms in total. The van der Waals surface area contributed by atoms with Gasteiger partial charge in [-0.25, -0.2) is 4.39 Å². The fourth-order valence-corrected chi connectivity index (χ4v) is 2.76. The lowest BCUT2D eigenvalue weighted by atomic mass is 10.1. The fourth-order valence-electron chi connectivity index (χ4n) is 2.28. The summed E-state index contributed by atoms with van der Waals surface area (Å²) in [7, 11) is 0. The van der Waals surface area contributed by atoms with Crippen LogP contribution in [-0.2, 0) is 6.54 Å². The summed E-state index contributed by atoms with van der Waals surface area (Å²) in [6.07, 6.45) is 1.99. The minimum absolute atomic E-state index is 0.0835. The van der Waals surface area contributed by atoms with E-state index in [1.54, 1.807) is 12.1 Å². The van der Waals surface area contributed by atoms with Crippen molar-refractivity contribution in [3.05, 3.63) is 70.1 Å². The van der Waals surface area contributed by atoms with Crippen LogP contribution in [0.25, 0.3) is 10.9 Å². The molecule has 0 atom stereocenters. The van der Waals surface area contributed by atoms with Gasteiger partial charge in [-0.1, -0.05) is 28.1 Å². The highest BCUT2D eigenvalue weighted by molar-refractivity contribution is 9.10. The van der Waals surface area contributed by atoms with E-state index in [1.165, 1.54) is 6.07 Å². The average molecular weight is 329 g/mol. The van der Waals surface area contributed by atoms with Crippen molar-refractivity contribution in [3.8, 4) is 6.07 Å². The Bertz CT molecular complexity index is 830. The molecule has 0 aliphatic heterocycles. The number of benzene rings is 2. The minimum atomic E-state index is -0.476. The predicted molar refractivity (Wildman–Crippen MR) is 79.9 cm³/mol. The zero-order chi connectivity index (χ0) is 14.1. The molecule has 20 heavy (non-hydrogen) atoms. The predicted octanol–water partition coefficient (Wildman–Crippen LogP) is 4.46. The molecular weight excluding hydrogens is 319 g/mol. The largest absolute Gasteiger partial charge is 0.343 e. The van der Waals surface area contributed by atoms with Crippen LogP contribution in [0.1, 0.15) is 11.1 Å². The molecule has 98 valence electrons. The van der Waals surface area contributed by atoms with Gasteiger partial charge in [0.05, 0.1) is 5.56 Å². The Hall–Kier alpha value is -2.12. The van der Waals surface area contributed by atoms with Gasteiger partial charge in [0, 0.05) is 28.1 Å². The van der Waals surface area contributed by atoms with E-state index < -0.39 is 5.82 Å². The second kappa shape index (κ2) is 5.10. The Morgan fingerprint density at radius 2 is 2.05 bits per heavy atom. The van der Waals surface area contributed by atoms with Crippen molar-refractivity contribution in [2.75, 3.05) is 0 Å². The molecule has 0 unspecified atom stereocenters. The number of nitrogens with zero attached hydrogens (tertiary/aromatic N) is 2. The highest BCUT2D eigenvalue weighted by Crippen LogP contribution is 2.25. The number of aromatic nitrogens is 1. The Labute approximate surface area is 124 Å². The van der Waals surface area contributed by atoms with Gasteiger partial charge in [0.2, 0.25) is 0 Å². The maximum absolute atomic E-state index is 13.3. The number of hydrogen-bond acceptors (Lipinski definition) is 1. The molecule has 0 aliphatic carbocycles. The van der Waals surface area contributed by atoms with E-state index in [4.69, 9.17) is 5.26 Å². The molecule has 4 heteroatoms. The van der Waals surface area contributed by atoms with Crippen molar-refractivity contribution < 1.29 is 4.39 Å². The Kier molecular flexibility index (Phi) is 3.29. The van der Waals surface area contributed by atoms with Crippen LogP contribution in [0.4, 0.5) is 4.39 Å². The summed E-state index contributed by atoms with van der Waals surface area (Å²) in [5, 5.41) is 10.0. The topological polar surface area (TPSA) is 28.7 Å². The fraction of sp³-hybridized carbons (Fsp3) is 0.0625. The summed E-state index contributed by atoms with van der Waals surface area (Å²) in [5.74, 6) is -0.476. The van der Waals surface area contributed by atoms with Crippen molar-refractivity contribution in [1.82, 2.24) is 4.57 Å². The lowest BCUT2D eigenvalue weighted by Crippen LogP contribution is -1.99. The van der Waals surface area contributed by atoms with Crippen LogP contribution >= 0.6 is 15.9 Å². The highest BCUT2D eigenvalue weighted by atomic mass is 79.9. The van der Waals surface area contributed by atoms with Crippen molar-refractivity contribution in [2.45, 2.75) is 6.54 Å². The second-order valence-corrected chi connectivity index (χ2v) is 5.40. The van der Waals surface area contributed by atoms with Gasteiger partial charge in [-0.3, -0.25) is 0 Å². The zero-order valence-corrected chi connectivity index (χ0v) is 12.1. The molecule has 0 bridgehead atoms. The summed E-state index contributed by atoms with van der Waals surface area (Å²) in [6.45, 7) is 0.606. The maximum atomic E-state index is 13.3. The first-order valence-corrected chi connectivity index (χ1v) is 6.90. The molecule has 3 rings (SSSR count). The third-order valence-corrected chi connectivity index (χ3v) is 3.96. The second-order valence-electron chi connectivity index (χ2n) is 4.54. The van der Waals surface area contributed by atoms with E-state index in [0.717, 1.165) is 20.9 Å².